The predicted octanol–water partition coefficient (Wildman–Crippen LogP) is 5.41. The fourth-order valence-corrected chi connectivity index (χ4v) is 5.90. The van der Waals surface area contributed by atoms with Crippen LogP contribution in [0.25, 0.3) is 6.08 Å². The molecule has 2 heterocycles. The lowest BCUT2D eigenvalue weighted by molar-refractivity contribution is -0.123. The van der Waals surface area contributed by atoms with Crippen LogP contribution in [0.15, 0.2) is 48.5 Å². The van der Waals surface area contributed by atoms with Gasteiger partial charge in [-0.3, -0.25) is 19.4 Å². The van der Waals surface area contributed by atoms with E-state index < -0.39 is 29.7 Å². The van der Waals surface area contributed by atoms with Gasteiger partial charge in [-0.05, 0) is 66.5 Å². The molecule has 1 saturated carbocycles. The van der Waals surface area contributed by atoms with Crippen LogP contribution < -0.4 is 20.1 Å². The lowest BCUT2D eigenvalue weighted by Gasteiger charge is -2.25. The summed E-state index contributed by atoms with van der Waals surface area (Å²) in [6.07, 6.45) is 6.34. The number of hydrogen-bond acceptors (Lipinski definition) is 7. The van der Waals surface area contributed by atoms with Crippen molar-refractivity contribution in [2.45, 2.75) is 70.9 Å². The molecule has 2 aromatic carbocycles. The number of aromatic nitrogens is 1. The number of H-pyrrole nitrogens is 1. The molecule has 0 bridgehead atoms. The van der Waals surface area contributed by atoms with Crippen molar-refractivity contribution in [1.29, 1.82) is 0 Å². The highest BCUT2D eigenvalue weighted by molar-refractivity contribution is 6.05. The second-order valence-electron chi connectivity index (χ2n) is 11.8. The first-order valence-corrected chi connectivity index (χ1v) is 15.0. The number of carbonyl (C=O) groups is 3. The molecular weight excluding hydrogens is 562 g/mol. The van der Waals surface area contributed by atoms with E-state index in [9.17, 15) is 24.6 Å². The minimum absolute atomic E-state index is 0.0255. The molecule has 0 spiro atoms. The number of nitrogens with one attached hydrogen (secondary N) is 3. The van der Waals surface area contributed by atoms with E-state index in [-0.39, 0.29) is 42.0 Å². The Morgan fingerprint density at radius 3 is 2.30 bits per heavy atom. The van der Waals surface area contributed by atoms with Crippen molar-refractivity contribution in [1.82, 2.24) is 15.6 Å². The molecule has 1 fully saturated rings. The maximum absolute atomic E-state index is 13.6. The monoisotopic (exact) mass is 601 g/mol. The normalized spacial score (nSPS) is 15.9. The molecule has 2 aliphatic rings. The fraction of sp³-hybridized carbons (Fsp3) is 0.382. The van der Waals surface area contributed by atoms with Crippen LogP contribution in [-0.2, 0) is 9.59 Å². The highest BCUT2D eigenvalue weighted by Crippen LogP contribution is 2.35. The van der Waals surface area contributed by atoms with Crippen molar-refractivity contribution >= 4 is 23.7 Å². The second-order valence-corrected chi connectivity index (χ2v) is 11.8. The van der Waals surface area contributed by atoms with Crippen LogP contribution in [0.2, 0.25) is 0 Å². The number of aromatic hydroxyl groups is 2. The SMILES string of the molecule is Cc1c(O)[nH]c(O)c1C(=O)C(NC(=O)CC(NC(=O)C=Cc1ccc2c(c1)OCO2)c1ccc(C(C)C)cc1)C1CCCC1. The molecule has 2 unspecified atom stereocenters. The number of hydrogen-bond donors (Lipinski definition) is 5. The molecule has 0 radical (unpaired) electrons. The summed E-state index contributed by atoms with van der Waals surface area (Å²) in [5.74, 6) is -0.500. The zero-order chi connectivity index (χ0) is 31.4. The highest BCUT2D eigenvalue weighted by Gasteiger charge is 2.36. The van der Waals surface area contributed by atoms with Gasteiger partial charge in [0.1, 0.15) is 0 Å². The quantitative estimate of drug-likeness (QED) is 0.146. The van der Waals surface area contributed by atoms with Crippen molar-refractivity contribution < 1.29 is 34.1 Å². The molecular formula is C34H39N3O7. The van der Waals surface area contributed by atoms with Gasteiger partial charge < -0.3 is 30.3 Å². The van der Waals surface area contributed by atoms with Gasteiger partial charge in [-0.15, -0.1) is 0 Å². The lowest BCUT2D eigenvalue weighted by Crippen LogP contribution is -2.46. The van der Waals surface area contributed by atoms with E-state index in [0.717, 1.165) is 42.4 Å². The Morgan fingerprint density at radius 1 is 0.955 bits per heavy atom. The van der Waals surface area contributed by atoms with Crippen molar-refractivity contribution in [3.63, 3.8) is 0 Å². The molecule has 1 aliphatic heterocycles. The molecule has 44 heavy (non-hydrogen) atoms. The number of carbonyl (C=O) groups excluding carboxylic acids is 3. The first-order valence-electron chi connectivity index (χ1n) is 15.0. The molecule has 1 aromatic heterocycles. The van der Waals surface area contributed by atoms with Crippen LogP contribution in [0, 0.1) is 12.8 Å². The molecule has 232 valence electrons. The summed E-state index contributed by atoms with van der Waals surface area (Å²) in [6, 6.07) is 11.6. The Bertz CT molecular complexity index is 1550. The van der Waals surface area contributed by atoms with Gasteiger partial charge in [0.05, 0.1) is 24.1 Å². The molecule has 2 amide bonds. The van der Waals surface area contributed by atoms with E-state index in [2.05, 4.69) is 29.5 Å². The van der Waals surface area contributed by atoms with Crippen LogP contribution >= 0.6 is 0 Å². The van der Waals surface area contributed by atoms with Crippen molar-refractivity contribution in [2.75, 3.05) is 6.79 Å². The summed E-state index contributed by atoms with van der Waals surface area (Å²) in [4.78, 5) is 42.7. The number of ether oxygens (including phenoxy) is 2. The van der Waals surface area contributed by atoms with Crippen LogP contribution in [0.1, 0.15) is 90.5 Å². The molecule has 10 heteroatoms. The van der Waals surface area contributed by atoms with Crippen LogP contribution in [-0.4, -0.2) is 45.6 Å². The molecule has 5 N–H and O–H groups in total. The maximum Gasteiger partial charge on any atom is 0.244 e. The maximum atomic E-state index is 13.6. The van der Waals surface area contributed by atoms with Crippen molar-refractivity contribution in [3.8, 4) is 23.3 Å². The van der Waals surface area contributed by atoms with Gasteiger partial charge in [0.25, 0.3) is 0 Å². The van der Waals surface area contributed by atoms with E-state index in [1.165, 1.54) is 13.0 Å². The molecule has 3 aromatic rings. The summed E-state index contributed by atoms with van der Waals surface area (Å²) in [5.41, 5.74) is 2.84. The minimum atomic E-state index is -0.879. The van der Waals surface area contributed by atoms with Gasteiger partial charge in [-0.25, -0.2) is 0 Å². The number of Topliss-reactive ketones (excluding diaryl/α,β-unsaturated/α-hetero) is 1. The van der Waals surface area contributed by atoms with E-state index in [1.807, 2.05) is 30.3 Å². The van der Waals surface area contributed by atoms with Crippen molar-refractivity contribution in [2.24, 2.45) is 5.92 Å². The number of fused-ring (bicyclic) bond motifs is 1. The summed E-state index contributed by atoms with van der Waals surface area (Å²) in [7, 11) is 0. The zero-order valence-electron chi connectivity index (χ0n) is 25.2. The smallest absolute Gasteiger partial charge is 0.244 e. The van der Waals surface area contributed by atoms with Gasteiger partial charge in [0, 0.05) is 11.6 Å². The second kappa shape index (κ2) is 13.3. The third-order valence-corrected chi connectivity index (χ3v) is 8.46. The Balaban J connectivity index is 1.34. The summed E-state index contributed by atoms with van der Waals surface area (Å²) < 4.78 is 10.8. The van der Waals surface area contributed by atoms with Gasteiger partial charge in [0.15, 0.2) is 23.2 Å². The Hall–Kier alpha value is -4.73. The first-order chi connectivity index (χ1) is 21.1. The van der Waals surface area contributed by atoms with Crippen LogP contribution in [0.5, 0.6) is 23.3 Å². The average molecular weight is 602 g/mol. The number of aromatic amines is 1. The Morgan fingerprint density at radius 2 is 1.64 bits per heavy atom. The number of rotatable bonds is 11. The zero-order valence-corrected chi connectivity index (χ0v) is 25.2. The van der Waals surface area contributed by atoms with Gasteiger partial charge >= 0.3 is 0 Å². The van der Waals surface area contributed by atoms with Gasteiger partial charge in [0.2, 0.25) is 24.5 Å². The minimum Gasteiger partial charge on any atom is -0.494 e. The molecule has 5 rings (SSSR count). The third-order valence-electron chi connectivity index (χ3n) is 8.46. The summed E-state index contributed by atoms with van der Waals surface area (Å²) >= 11 is 0. The number of benzene rings is 2. The lowest BCUT2D eigenvalue weighted by atomic mass is 9.90. The van der Waals surface area contributed by atoms with E-state index in [1.54, 1.807) is 18.2 Å². The topological polar surface area (TPSA) is 150 Å². The summed E-state index contributed by atoms with van der Waals surface area (Å²) in [5, 5.41) is 26.2. The number of ketones is 1. The van der Waals surface area contributed by atoms with Crippen molar-refractivity contribution in [3.05, 3.63) is 76.4 Å². The van der Waals surface area contributed by atoms with E-state index >= 15 is 0 Å². The Kier molecular flexibility index (Phi) is 9.27. The van der Waals surface area contributed by atoms with Gasteiger partial charge in [-0.2, -0.15) is 0 Å². The van der Waals surface area contributed by atoms with Crippen LogP contribution in [0.4, 0.5) is 0 Å². The first kappa shape index (κ1) is 30.7. The van der Waals surface area contributed by atoms with E-state index in [4.69, 9.17) is 9.47 Å². The van der Waals surface area contributed by atoms with Gasteiger partial charge in [-0.1, -0.05) is 57.0 Å². The highest BCUT2D eigenvalue weighted by atomic mass is 16.7. The Labute approximate surface area is 256 Å². The van der Waals surface area contributed by atoms with Crippen LogP contribution in [0.3, 0.4) is 0 Å². The standard InChI is InChI=1S/C34H39N3O7/c1-19(2)22-10-12-23(13-11-22)25(35-28(38)15-9-21-8-14-26-27(16-21)44-18-43-26)17-29(39)36-31(24-6-4-5-7-24)32(40)30-20(3)33(41)37-34(30)42/h8-16,19,24-25,31,37,41-42H,4-7,17-18H2,1-3H3,(H,35,38)(H,36,39). The number of amides is 2. The average Bonchev–Trinajstić information content (AvgIpc) is 3.75. The third kappa shape index (κ3) is 6.90. The largest absolute Gasteiger partial charge is 0.494 e. The molecule has 0 saturated heterocycles. The summed E-state index contributed by atoms with van der Waals surface area (Å²) in [6.45, 7) is 5.87. The molecule has 10 nitrogen and oxygen atoms in total. The molecule has 2 atom stereocenters. The fourth-order valence-electron chi connectivity index (χ4n) is 5.90. The molecule has 1 aliphatic carbocycles. The van der Waals surface area contributed by atoms with E-state index in [0.29, 0.717) is 17.4 Å². The predicted molar refractivity (Wildman–Crippen MR) is 165 cm³/mol.